The van der Waals surface area contributed by atoms with Gasteiger partial charge in [0.2, 0.25) is 0 Å². The van der Waals surface area contributed by atoms with Crippen LogP contribution in [0.2, 0.25) is 0 Å². The molecule has 6 heteroatoms. The summed E-state index contributed by atoms with van der Waals surface area (Å²) in [4.78, 5) is 33.0. The topological polar surface area (TPSA) is 96.6 Å². The van der Waals surface area contributed by atoms with E-state index in [0.717, 1.165) is 0 Å². The van der Waals surface area contributed by atoms with Crippen LogP contribution in [0.5, 0.6) is 0 Å². The van der Waals surface area contributed by atoms with E-state index in [4.69, 9.17) is 9.52 Å². The molecule has 0 fully saturated rings. The number of aryl methyl sites for hydroxylation is 1. The molecule has 2 aromatic rings. The first-order chi connectivity index (χ1) is 8.47. The van der Waals surface area contributed by atoms with E-state index in [0.29, 0.717) is 11.3 Å². The first kappa shape index (κ1) is 11.8. The molecule has 6 nitrogen and oxygen atoms in total. The van der Waals surface area contributed by atoms with Crippen molar-refractivity contribution in [3.8, 4) is 0 Å². The van der Waals surface area contributed by atoms with Crippen LogP contribution in [0.3, 0.4) is 0 Å². The van der Waals surface area contributed by atoms with Gasteiger partial charge >= 0.3 is 11.9 Å². The number of carbonyl (C=O) groups is 2. The highest BCUT2D eigenvalue weighted by molar-refractivity contribution is 6.36. The van der Waals surface area contributed by atoms with Crippen LogP contribution in [0.4, 0.5) is 5.69 Å². The molecule has 0 aliphatic heterocycles. The Kier molecular flexibility index (Phi) is 2.85. The van der Waals surface area contributed by atoms with Gasteiger partial charge in [-0.15, -0.1) is 0 Å². The third-order valence-electron chi connectivity index (χ3n) is 2.30. The van der Waals surface area contributed by atoms with E-state index in [1.807, 2.05) is 0 Å². The van der Waals surface area contributed by atoms with E-state index < -0.39 is 11.9 Å². The first-order valence-corrected chi connectivity index (χ1v) is 5.06. The molecular weight excluding hydrogens is 238 g/mol. The van der Waals surface area contributed by atoms with Crippen LogP contribution in [-0.2, 0) is 9.59 Å². The molecule has 1 amide bonds. The Morgan fingerprint density at radius 2 is 2.00 bits per heavy atom. The molecule has 2 rings (SSSR count). The summed E-state index contributed by atoms with van der Waals surface area (Å²) in [5.74, 6) is -2.27. The zero-order chi connectivity index (χ0) is 13.3. The Morgan fingerprint density at radius 1 is 1.28 bits per heavy atom. The van der Waals surface area contributed by atoms with E-state index in [1.54, 1.807) is 6.92 Å². The van der Waals surface area contributed by atoms with Crippen LogP contribution in [0, 0.1) is 6.92 Å². The minimum absolute atomic E-state index is 0.228. The minimum atomic E-state index is -1.59. The normalized spacial score (nSPS) is 10.3. The van der Waals surface area contributed by atoms with Gasteiger partial charge < -0.3 is 14.8 Å². The molecule has 0 radical (unpaired) electrons. The number of aliphatic carboxylic acids is 1. The van der Waals surface area contributed by atoms with Gasteiger partial charge in [0, 0.05) is 11.8 Å². The maximum absolute atomic E-state index is 11.7. The number of carbonyl (C=O) groups excluding carboxylic acids is 1. The fourth-order valence-corrected chi connectivity index (χ4v) is 1.54. The SMILES string of the molecule is Cc1cc(=O)c2cc(NC(=O)C(=O)O)ccc2o1. The average Bonchev–Trinajstić information content (AvgIpc) is 2.29. The first-order valence-electron chi connectivity index (χ1n) is 5.06. The molecular formula is C12H9NO5. The maximum atomic E-state index is 11.7. The van der Waals surface area contributed by atoms with Crippen molar-refractivity contribution in [2.45, 2.75) is 6.92 Å². The Bertz CT molecular complexity index is 701. The molecule has 0 bridgehead atoms. The fraction of sp³-hybridized carbons (Fsp3) is 0.0833. The molecule has 0 aliphatic carbocycles. The van der Waals surface area contributed by atoms with Crippen molar-refractivity contribution in [3.05, 3.63) is 40.2 Å². The third-order valence-corrected chi connectivity index (χ3v) is 2.30. The van der Waals surface area contributed by atoms with E-state index >= 15 is 0 Å². The molecule has 1 aromatic heterocycles. The van der Waals surface area contributed by atoms with Crippen LogP contribution in [0.15, 0.2) is 33.5 Å². The van der Waals surface area contributed by atoms with Crippen molar-refractivity contribution in [2.24, 2.45) is 0 Å². The largest absolute Gasteiger partial charge is 0.474 e. The lowest BCUT2D eigenvalue weighted by molar-refractivity contribution is -0.147. The lowest BCUT2D eigenvalue weighted by Gasteiger charge is -2.03. The fourth-order valence-electron chi connectivity index (χ4n) is 1.54. The van der Waals surface area contributed by atoms with Gasteiger partial charge in [0.25, 0.3) is 0 Å². The van der Waals surface area contributed by atoms with Crippen LogP contribution in [0.25, 0.3) is 11.0 Å². The second-order valence-electron chi connectivity index (χ2n) is 3.69. The monoisotopic (exact) mass is 247 g/mol. The smallest absolute Gasteiger partial charge is 0.394 e. The summed E-state index contributed by atoms with van der Waals surface area (Å²) < 4.78 is 5.32. The summed E-state index contributed by atoms with van der Waals surface area (Å²) in [5.41, 5.74) is 0.361. The minimum Gasteiger partial charge on any atom is -0.474 e. The summed E-state index contributed by atoms with van der Waals surface area (Å²) in [6.07, 6.45) is 0. The van der Waals surface area contributed by atoms with Gasteiger partial charge in [0.15, 0.2) is 5.43 Å². The summed E-state index contributed by atoms with van der Waals surface area (Å²) in [6, 6.07) is 5.67. The Labute approximate surface area is 101 Å². The van der Waals surface area contributed by atoms with Gasteiger partial charge in [-0.05, 0) is 25.1 Å². The average molecular weight is 247 g/mol. The highest BCUT2D eigenvalue weighted by Gasteiger charge is 2.12. The van der Waals surface area contributed by atoms with Crippen molar-refractivity contribution in [3.63, 3.8) is 0 Å². The summed E-state index contributed by atoms with van der Waals surface area (Å²) in [7, 11) is 0. The van der Waals surface area contributed by atoms with Gasteiger partial charge in [-0.3, -0.25) is 9.59 Å². The molecule has 0 saturated heterocycles. The Balaban J connectivity index is 2.48. The molecule has 18 heavy (non-hydrogen) atoms. The number of hydrogen-bond donors (Lipinski definition) is 2. The van der Waals surface area contributed by atoms with Gasteiger partial charge in [-0.2, -0.15) is 0 Å². The molecule has 1 heterocycles. The van der Waals surface area contributed by atoms with E-state index in [-0.39, 0.29) is 16.5 Å². The lowest BCUT2D eigenvalue weighted by atomic mass is 10.2. The molecule has 0 atom stereocenters. The van der Waals surface area contributed by atoms with Gasteiger partial charge in [-0.1, -0.05) is 0 Å². The number of hydrogen-bond acceptors (Lipinski definition) is 4. The van der Waals surface area contributed by atoms with Crippen LogP contribution < -0.4 is 10.7 Å². The molecule has 0 saturated carbocycles. The van der Waals surface area contributed by atoms with Gasteiger partial charge in [0.1, 0.15) is 11.3 Å². The van der Waals surface area contributed by atoms with Crippen molar-refractivity contribution < 1.29 is 19.1 Å². The molecule has 0 spiro atoms. The number of anilines is 1. The molecule has 92 valence electrons. The van der Waals surface area contributed by atoms with Crippen molar-refractivity contribution in [1.82, 2.24) is 0 Å². The Morgan fingerprint density at radius 3 is 2.67 bits per heavy atom. The summed E-state index contributed by atoms with van der Waals surface area (Å²) in [5, 5.41) is 10.9. The number of rotatable bonds is 1. The van der Waals surface area contributed by atoms with Crippen molar-refractivity contribution in [1.29, 1.82) is 0 Å². The third kappa shape index (κ3) is 2.22. The standard InChI is InChI=1S/C12H9NO5/c1-6-4-9(14)8-5-7(2-3-10(8)18-6)13-11(15)12(16)17/h2-5H,1H3,(H,13,15)(H,16,17). The number of amides is 1. The zero-order valence-electron chi connectivity index (χ0n) is 9.39. The molecule has 1 aromatic carbocycles. The number of carboxylic acids is 1. The quantitative estimate of drug-likeness (QED) is 0.736. The molecule has 0 unspecified atom stereocenters. The summed E-state index contributed by atoms with van der Waals surface area (Å²) >= 11 is 0. The van der Waals surface area contributed by atoms with Crippen LogP contribution >= 0.6 is 0 Å². The van der Waals surface area contributed by atoms with Crippen molar-refractivity contribution >= 4 is 28.5 Å². The van der Waals surface area contributed by atoms with Gasteiger partial charge in [-0.25, -0.2) is 4.79 Å². The lowest BCUT2D eigenvalue weighted by Crippen LogP contribution is -2.21. The van der Waals surface area contributed by atoms with E-state index in [9.17, 15) is 14.4 Å². The van der Waals surface area contributed by atoms with E-state index in [2.05, 4.69) is 5.32 Å². The highest BCUT2D eigenvalue weighted by atomic mass is 16.4. The highest BCUT2D eigenvalue weighted by Crippen LogP contribution is 2.17. The van der Waals surface area contributed by atoms with Crippen LogP contribution in [-0.4, -0.2) is 17.0 Å². The van der Waals surface area contributed by atoms with Crippen molar-refractivity contribution in [2.75, 3.05) is 5.32 Å². The Hall–Kier alpha value is -2.63. The number of carboxylic acid groups (broad SMARTS) is 1. The van der Waals surface area contributed by atoms with Gasteiger partial charge in [0.05, 0.1) is 5.39 Å². The van der Waals surface area contributed by atoms with E-state index in [1.165, 1.54) is 24.3 Å². The van der Waals surface area contributed by atoms with Crippen LogP contribution in [0.1, 0.15) is 5.76 Å². The molecule has 2 N–H and O–H groups in total. The number of fused-ring (bicyclic) bond motifs is 1. The second kappa shape index (κ2) is 4.33. The zero-order valence-corrected chi connectivity index (χ0v) is 9.39. The maximum Gasteiger partial charge on any atom is 0.394 e. The molecule has 0 aliphatic rings. The number of benzene rings is 1. The summed E-state index contributed by atoms with van der Waals surface area (Å²) in [6.45, 7) is 1.65. The second-order valence-corrected chi connectivity index (χ2v) is 3.69. The number of nitrogens with one attached hydrogen (secondary N) is 1. The predicted molar refractivity (Wildman–Crippen MR) is 63.5 cm³/mol. The predicted octanol–water partition coefficient (Wildman–Crippen LogP) is 1.12.